The molecular formula is C21H22O5. The van der Waals surface area contributed by atoms with E-state index < -0.39 is 11.6 Å². The van der Waals surface area contributed by atoms with E-state index in [0.29, 0.717) is 11.3 Å². The molecule has 5 nitrogen and oxygen atoms in total. The van der Waals surface area contributed by atoms with E-state index >= 15 is 0 Å². The second-order valence-electron chi connectivity index (χ2n) is 6.64. The van der Waals surface area contributed by atoms with E-state index in [9.17, 15) is 14.7 Å². The number of rotatable bonds is 6. The minimum absolute atomic E-state index is 0.183. The summed E-state index contributed by atoms with van der Waals surface area (Å²) in [7, 11) is 0. The van der Waals surface area contributed by atoms with Gasteiger partial charge in [-0.05, 0) is 86.9 Å². The quantitative estimate of drug-likeness (QED) is 0.601. The predicted molar refractivity (Wildman–Crippen MR) is 99.7 cm³/mol. The second kappa shape index (κ2) is 7.44. The molecule has 0 aliphatic rings. The summed E-state index contributed by atoms with van der Waals surface area (Å²) in [6.45, 7) is 6.52. The lowest BCUT2D eigenvalue weighted by molar-refractivity contribution is -0.152. The first-order valence-electron chi connectivity index (χ1n) is 8.15. The Hall–Kier alpha value is -3.08. The van der Waals surface area contributed by atoms with Gasteiger partial charge in [0, 0.05) is 5.56 Å². The van der Waals surface area contributed by atoms with Crippen molar-refractivity contribution >= 4 is 17.8 Å². The molecule has 5 heteroatoms. The molecule has 0 aliphatic heterocycles. The molecule has 136 valence electrons. The number of phenols is 1. The highest BCUT2D eigenvalue weighted by atomic mass is 16.5. The van der Waals surface area contributed by atoms with Crippen molar-refractivity contribution in [2.45, 2.75) is 33.3 Å². The van der Waals surface area contributed by atoms with Crippen LogP contribution in [0.5, 0.6) is 11.5 Å². The van der Waals surface area contributed by atoms with Crippen molar-refractivity contribution in [2.75, 3.05) is 0 Å². The number of carboxylic acids is 1. The Morgan fingerprint density at radius 2 is 1.58 bits per heavy atom. The molecule has 0 amide bonds. The van der Waals surface area contributed by atoms with Crippen molar-refractivity contribution < 1.29 is 24.5 Å². The molecule has 2 aromatic carbocycles. The van der Waals surface area contributed by atoms with Crippen molar-refractivity contribution in [1.82, 2.24) is 0 Å². The zero-order valence-electron chi connectivity index (χ0n) is 15.2. The summed E-state index contributed by atoms with van der Waals surface area (Å²) in [5.41, 5.74) is 1.45. The first-order valence-corrected chi connectivity index (χ1v) is 8.15. The van der Waals surface area contributed by atoms with E-state index in [4.69, 9.17) is 9.84 Å². The van der Waals surface area contributed by atoms with Crippen LogP contribution in [0, 0.1) is 13.8 Å². The molecule has 26 heavy (non-hydrogen) atoms. The average Bonchev–Trinajstić information content (AvgIpc) is 2.57. The van der Waals surface area contributed by atoms with Crippen LogP contribution in [-0.4, -0.2) is 27.6 Å². The highest BCUT2D eigenvalue weighted by Crippen LogP contribution is 2.24. The van der Waals surface area contributed by atoms with E-state index in [-0.39, 0.29) is 11.5 Å². The van der Waals surface area contributed by atoms with Crippen LogP contribution in [0.3, 0.4) is 0 Å². The molecule has 0 saturated carbocycles. The lowest BCUT2D eigenvalue weighted by Crippen LogP contribution is -2.37. The smallest absolute Gasteiger partial charge is 0.347 e. The fraction of sp³-hybridized carbons (Fsp3) is 0.238. The van der Waals surface area contributed by atoms with E-state index in [1.807, 2.05) is 0 Å². The number of allylic oxidation sites excluding steroid dienone is 1. The molecule has 0 fully saturated rings. The molecule has 2 rings (SSSR count). The molecule has 0 unspecified atom stereocenters. The highest BCUT2D eigenvalue weighted by Gasteiger charge is 2.29. The lowest BCUT2D eigenvalue weighted by atomic mass is 10.0. The normalized spacial score (nSPS) is 11.5. The first-order chi connectivity index (χ1) is 12.1. The zero-order chi connectivity index (χ0) is 19.5. The fourth-order valence-electron chi connectivity index (χ4n) is 2.38. The van der Waals surface area contributed by atoms with Crippen LogP contribution in [-0.2, 0) is 4.79 Å². The molecule has 0 atom stereocenters. The summed E-state index contributed by atoms with van der Waals surface area (Å²) >= 11 is 0. The van der Waals surface area contributed by atoms with Crippen LogP contribution < -0.4 is 4.74 Å². The number of aromatic hydroxyl groups is 1. The Morgan fingerprint density at radius 3 is 2.08 bits per heavy atom. The zero-order valence-corrected chi connectivity index (χ0v) is 15.2. The summed E-state index contributed by atoms with van der Waals surface area (Å²) in [4.78, 5) is 23.4. The SMILES string of the molecule is Cc1cc(C=CC(=O)c2ccc(OC(C)(C)C(=O)O)cc2)cc(C)c1O. The Morgan fingerprint density at radius 1 is 1.04 bits per heavy atom. The van der Waals surface area contributed by atoms with Gasteiger partial charge in [-0.3, -0.25) is 4.79 Å². The van der Waals surface area contributed by atoms with Crippen LogP contribution >= 0.6 is 0 Å². The third-order valence-electron chi connectivity index (χ3n) is 3.97. The van der Waals surface area contributed by atoms with Crippen molar-refractivity contribution in [2.24, 2.45) is 0 Å². The fourth-order valence-corrected chi connectivity index (χ4v) is 2.38. The molecule has 0 saturated heterocycles. The molecule has 0 radical (unpaired) electrons. The van der Waals surface area contributed by atoms with Crippen LogP contribution in [0.2, 0.25) is 0 Å². The summed E-state index contributed by atoms with van der Waals surface area (Å²) in [5, 5.41) is 18.9. The number of benzene rings is 2. The first kappa shape index (κ1) is 19.2. The Balaban J connectivity index is 2.12. The number of aliphatic carboxylic acids is 1. The van der Waals surface area contributed by atoms with Gasteiger partial charge in [-0.25, -0.2) is 4.79 Å². The summed E-state index contributed by atoms with van der Waals surface area (Å²) in [6.07, 6.45) is 3.15. The van der Waals surface area contributed by atoms with Gasteiger partial charge in [-0.1, -0.05) is 6.08 Å². The Labute approximate surface area is 152 Å². The number of ketones is 1. The van der Waals surface area contributed by atoms with E-state index in [0.717, 1.165) is 16.7 Å². The lowest BCUT2D eigenvalue weighted by Gasteiger charge is -2.21. The van der Waals surface area contributed by atoms with Gasteiger partial charge in [0.15, 0.2) is 11.4 Å². The van der Waals surface area contributed by atoms with Crippen molar-refractivity contribution in [3.8, 4) is 11.5 Å². The maximum atomic E-state index is 12.3. The minimum Gasteiger partial charge on any atom is -0.507 e. The van der Waals surface area contributed by atoms with Gasteiger partial charge in [0.05, 0.1) is 0 Å². The molecule has 0 bridgehead atoms. The van der Waals surface area contributed by atoms with Gasteiger partial charge in [-0.15, -0.1) is 0 Å². The summed E-state index contributed by atoms with van der Waals surface area (Å²) in [5.74, 6) is -0.617. The monoisotopic (exact) mass is 354 g/mol. The second-order valence-corrected chi connectivity index (χ2v) is 6.64. The highest BCUT2D eigenvalue weighted by molar-refractivity contribution is 6.06. The molecule has 0 aromatic heterocycles. The Bertz CT molecular complexity index is 837. The van der Waals surface area contributed by atoms with Crippen molar-refractivity contribution in [1.29, 1.82) is 0 Å². The standard InChI is InChI=1S/C21H22O5/c1-13-11-15(12-14(2)19(13)23)5-10-18(22)16-6-8-17(9-7-16)26-21(3,4)20(24)25/h5-12,23H,1-4H3,(H,24,25). The van der Waals surface area contributed by atoms with Crippen molar-refractivity contribution in [3.63, 3.8) is 0 Å². The van der Waals surface area contributed by atoms with Crippen LogP contribution in [0.1, 0.15) is 40.9 Å². The van der Waals surface area contributed by atoms with E-state index in [1.165, 1.54) is 19.9 Å². The number of ether oxygens (including phenoxy) is 1. The largest absolute Gasteiger partial charge is 0.507 e. The molecule has 2 aromatic rings. The van der Waals surface area contributed by atoms with Gasteiger partial charge in [0.1, 0.15) is 11.5 Å². The number of hydrogen-bond donors (Lipinski definition) is 2. The average molecular weight is 354 g/mol. The van der Waals surface area contributed by atoms with Gasteiger partial charge in [0.25, 0.3) is 0 Å². The number of aryl methyl sites for hydroxylation is 2. The topological polar surface area (TPSA) is 83.8 Å². The number of phenolic OH excluding ortho intramolecular Hbond substituents is 1. The maximum Gasteiger partial charge on any atom is 0.347 e. The van der Waals surface area contributed by atoms with Gasteiger partial charge < -0.3 is 14.9 Å². The summed E-state index contributed by atoms with van der Waals surface area (Å²) < 4.78 is 5.41. The number of carboxylic acid groups (broad SMARTS) is 1. The molecule has 0 spiro atoms. The molecule has 0 heterocycles. The number of carbonyl (C=O) groups is 2. The molecule has 0 aliphatic carbocycles. The van der Waals surface area contributed by atoms with Crippen LogP contribution in [0.4, 0.5) is 0 Å². The van der Waals surface area contributed by atoms with Crippen LogP contribution in [0.25, 0.3) is 6.08 Å². The number of hydrogen-bond acceptors (Lipinski definition) is 4. The Kier molecular flexibility index (Phi) is 5.50. The van der Waals surface area contributed by atoms with Gasteiger partial charge in [0.2, 0.25) is 0 Å². The van der Waals surface area contributed by atoms with E-state index in [2.05, 4.69) is 0 Å². The van der Waals surface area contributed by atoms with Crippen LogP contribution in [0.15, 0.2) is 42.5 Å². The maximum absolute atomic E-state index is 12.3. The van der Waals surface area contributed by atoms with Gasteiger partial charge in [-0.2, -0.15) is 0 Å². The number of carbonyl (C=O) groups excluding carboxylic acids is 1. The predicted octanol–water partition coefficient (Wildman–Crippen LogP) is 4.15. The third-order valence-corrected chi connectivity index (χ3v) is 3.97. The van der Waals surface area contributed by atoms with E-state index in [1.54, 1.807) is 56.3 Å². The minimum atomic E-state index is -1.35. The van der Waals surface area contributed by atoms with Gasteiger partial charge >= 0.3 is 5.97 Å². The summed E-state index contributed by atoms with van der Waals surface area (Å²) in [6, 6.07) is 9.93. The third kappa shape index (κ3) is 4.51. The molecular weight excluding hydrogens is 332 g/mol. The molecule has 2 N–H and O–H groups in total. The van der Waals surface area contributed by atoms with Crippen molar-refractivity contribution in [3.05, 3.63) is 64.7 Å².